The lowest BCUT2D eigenvalue weighted by atomic mass is 9.92. The molecule has 30 heavy (non-hydrogen) atoms. The predicted octanol–water partition coefficient (Wildman–Crippen LogP) is 2.88. The van der Waals surface area contributed by atoms with E-state index in [2.05, 4.69) is 5.32 Å². The van der Waals surface area contributed by atoms with E-state index in [0.717, 1.165) is 5.56 Å². The van der Waals surface area contributed by atoms with Crippen molar-refractivity contribution < 1.29 is 28.5 Å². The van der Waals surface area contributed by atoms with Crippen molar-refractivity contribution in [1.82, 2.24) is 4.90 Å². The largest absolute Gasteiger partial charge is 0.497 e. The third kappa shape index (κ3) is 3.98. The van der Waals surface area contributed by atoms with Crippen LogP contribution in [0.25, 0.3) is 0 Å². The number of methoxy groups -OCH3 is 4. The molecule has 0 spiro atoms. The summed E-state index contributed by atoms with van der Waals surface area (Å²) in [5.41, 5.74) is 1.36. The van der Waals surface area contributed by atoms with Gasteiger partial charge in [0.25, 0.3) is 0 Å². The van der Waals surface area contributed by atoms with Gasteiger partial charge in [0.05, 0.1) is 40.4 Å². The van der Waals surface area contributed by atoms with Crippen LogP contribution >= 0.6 is 0 Å². The van der Waals surface area contributed by atoms with Crippen LogP contribution in [0.1, 0.15) is 18.0 Å². The molecule has 160 valence electrons. The van der Waals surface area contributed by atoms with Crippen LogP contribution in [-0.2, 0) is 9.59 Å². The zero-order chi connectivity index (χ0) is 21.8. The minimum Gasteiger partial charge on any atom is -0.497 e. The Bertz CT molecular complexity index is 903. The summed E-state index contributed by atoms with van der Waals surface area (Å²) in [5, 5.41) is 2.89. The molecular weight excluding hydrogens is 388 g/mol. The summed E-state index contributed by atoms with van der Waals surface area (Å²) < 4.78 is 21.2. The van der Waals surface area contributed by atoms with E-state index in [-0.39, 0.29) is 24.3 Å². The van der Waals surface area contributed by atoms with Crippen molar-refractivity contribution in [2.24, 2.45) is 5.92 Å². The van der Waals surface area contributed by atoms with Crippen LogP contribution < -0.4 is 24.3 Å². The Kier molecular flexibility index (Phi) is 6.34. The number of carbonyl (C=O) groups is 2. The van der Waals surface area contributed by atoms with Crippen molar-refractivity contribution in [1.29, 1.82) is 0 Å². The Morgan fingerprint density at radius 1 is 0.967 bits per heavy atom. The summed E-state index contributed by atoms with van der Waals surface area (Å²) in [7, 11) is 7.83. The molecule has 2 aromatic carbocycles. The lowest BCUT2D eigenvalue weighted by Crippen LogP contribution is -2.30. The summed E-state index contributed by atoms with van der Waals surface area (Å²) in [5.74, 6) is 1.12. The average molecular weight is 414 g/mol. The van der Waals surface area contributed by atoms with E-state index < -0.39 is 5.92 Å². The molecule has 8 heteroatoms. The van der Waals surface area contributed by atoms with Crippen molar-refractivity contribution in [3.8, 4) is 23.0 Å². The van der Waals surface area contributed by atoms with Crippen molar-refractivity contribution in [2.45, 2.75) is 12.5 Å². The van der Waals surface area contributed by atoms with Gasteiger partial charge in [0.15, 0.2) is 11.5 Å². The fourth-order valence-corrected chi connectivity index (χ4v) is 3.75. The van der Waals surface area contributed by atoms with Crippen LogP contribution in [0.4, 0.5) is 5.69 Å². The third-order valence-electron chi connectivity index (χ3n) is 5.31. The molecule has 0 unspecified atom stereocenters. The molecule has 0 aromatic heterocycles. The van der Waals surface area contributed by atoms with Crippen molar-refractivity contribution in [3.05, 3.63) is 42.0 Å². The number of carbonyl (C=O) groups excluding carboxylic acids is 2. The fraction of sp³-hybridized carbons (Fsp3) is 0.364. The molecule has 2 amide bonds. The van der Waals surface area contributed by atoms with Gasteiger partial charge in [-0.3, -0.25) is 9.59 Å². The molecule has 3 rings (SSSR count). The van der Waals surface area contributed by atoms with Gasteiger partial charge >= 0.3 is 0 Å². The molecule has 2 atom stereocenters. The maximum absolute atomic E-state index is 13.1. The van der Waals surface area contributed by atoms with E-state index in [1.165, 1.54) is 21.3 Å². The maximum atomic E-state index is 13.1. The summed E-state index contributed by atoms with van der Waals surface area (Å²) in [4.78, 5) is 27.1. The normalized spacial score (nSPS) is 18.2. The second-order valence-corrected chi connectivity index (χ2v) is 6.94. The van der Waals surface area contributed by atoms with E-state index in [1.54, 1.807) is 31.2 Å². The maximum Gasteiger partial charge on any atom is 0.230 e. The smallest absolute Gasteiger partial charge is 0.230 e. The number of hydrogen-bond acceptors (Lipinski definition) is 6. The third-order valence-corrected chi connectivity index (χ3v) is 5.31. The van der Waals surface area contributed by atoms with Gasteiger partial charge in [0.2, 0.25) is 17.6 Å². The standard InChI is InChI=1S/C22H26N2O6/c1-24-19(25)12-16(20(24)13-6-8-15(27-2)9-7-13)22(26)23-14-10-17(28-3)21(30-5)18(11-14)29-4/h6-11,16,20H,12H2,1-5H3,(H,23,26)/t16-,20+/m0/s1. The van der Waals surface area contributed by atoms with Gasteiger partial charge in [0.1, 0.15) is 5.75 Å². The van der Waals surface area contributed by atoms with Gasteiger partial charge in [-0.2, -0.15) is 0 Å². The molecule has 2 aromatic rings. The monoisotopic (exact) mass is 414 g/mol. The number of likely N-dealkylation sites (tertiary alicyclic amines) is 1. The van der Waals surface area contributed by atoms with E-state index in [9.17, 15) is 9.59 Å². The molecule has 1 saturated heterocycles. The number of benzene rings is 2. The van der Waals surface area contributed by atoms with E-state index in [4.69, 9.17) is 18.9 Å². The van der Waals surface area contributed by atoms with Crippen molar-refractivity contribution >= 4 is 17.5 Å². The molecule has 1 aliphatic heterocycles. The Morgan fingerprint density at radius 3 is 2.07 bits per heavy atom. The topological polar surface area (TPSA) is 86.3 Å². The molecule has 0 radical (unpaired) electrons. The summed E-state index contributed by atoms with van der Waals surface area (Å²) >= 11 is 0. The van der Waals surface area contributed by atoms with Crippen LogP contribution in [0.2, 0.25) is 0 Å². The quantitative estimate of drug-likeness (QED) is 0.750. The van der Waals surface area contributed by atoms with E-state index >= 15 is 0 Å². The molecule has 1 N–H and O–H groups in total. The highest BCUT2D eigenvalue weighted by Crippen LogP contribution is 2.41. The minimum atomic E-state index is -0.546. The zero-order valence-corrected chi connectivity index (χ0v) is 17.7. The minimum absolute atomic E-state index is 0.0825. The number of nitrogens with zero attached hydrogens (tertiary/aromatic N) is 1. The Balaban J connectivity index is 1.88. The predicted molar refractivity (Wildman–Crippen MR) is 111 cm³/mol. The van der Waals surface area contributed by atoms with Gasteiger partial charge in [0, 0.05) is 31.3 Å². The van der Waals surface area contributed by atoms with Crippen LogP contribution in [0, 0.1) is 5.92 Å². The average Bonchev–Trinajstić information content (AvgIpc) is 3.07. The first-order valence-electron chi connectivity index (χ1n) is 9.44. The first-order valence-corrected chi connectivity index (χ1v) is 9.44. The lowest BCUT2D eigenvalue weighted by molar-refractivity contribution is -0.127. The van der Waals surface area contributed by atoms with E-state index in [1.807, 2.05) is 24.3 Å². The molecule has 0 saturated carbocycles. The Morgan fingerprint density at radius 2 is 1.57 bits per heavy atom. The number of ether oxygens (including phenoxy) is 4. The van der Waals surface area contributed by atoms with E-state index in [0.29, 0.717) is 28.7 Å². The summed E-state index contributed by atoms with van der Waals surface area (Å²) in [6, 6.07) is 10.3. The number of anilines is 1. The van der Waals surface area contributed by atoms with Gasteiger partial charge in [-0.15, -0.1) is 0 Å². The SMILES string of the molecule is COc1ccc([C@@H]2[C@@H](C(=O)Nc3cc(OC)c(OC)c(OC)c3)CC(=O)N2C)cc1. The summed E-state index contributed by atoms with van der Waals surface area (Å²) in [6.07, 6.45) is 0.128. The van der Waals surface area contributed by atoms with Crippen molar-refractivity contribution in [3.63, 3.8) is 0 Å². The molecule has 1 heterocycles. The van der Waals surface area contributed by atoms with Gasteiger partial charge in [-0.1, -0.05) is 12.1 Å². The van der Waals surface area contributed by atoms with Crippen LogP contribution in [0.3, 0.4) is 0 Å². The van der Waals surface area contributed by atoms with Crippen molar-refractivity contribution in [2.75, 3.05) is 40.8 Å². The number of rotatable bonds is 7. The molecule has 1 fully saturated rings. The second-order valence-electron chi connectivity index (χ2n) is 6.94. The Labute approximate surface area is 175 Å². The van der Waals surface area contributed by atoms with Gasteiger partial charge in [-0.25, -0.2) is 0 Å². The highest BCUT2D eigenvalue weighted by molar-refractivity contribution is 5.98. The number of amides is 2. The molecule has 0 bridgehead atoms. The van der Waals surface area contributed by atoms with Crippen LogP contribution in [0.15, 0.2) is 36.4 Å². The number of nitrogens with one attached hydrogen (secondary N) is 1. The lowest BCUT2D eigenvalue weighted by Gasteiger charge is -2.25. The Hall–Kier alpha value is -3.42. The first-order chi connectivity index (χ1) is 14.4. The second kappa shape index (κ2) is 8.94. The van der Waals surface area contributed by atoms with Gasteiger partial charge in [-0.05, 0) is 17.7 Å². The zero-order valence-electron chi connectivity index (χ0n) is 17.7. The summed E-state index contributed by atoms with van der Waals surface area (Å²) in [6.45, 7) is 0. The molecule has 8 nitrogen and oxygen atoms in total. The first kappa shape index (κ1) is 21.3. The van der Waals surface area contributed by atoms with Crippen LogP contribution in [0.5, 0.6) is 23.0 Å². The highest BCUT2D eigenvalue weighted by Gasteiger charge is 2.42. The fourth-order valence-electron chi connectivity index (χ4n) is 3.75. The molecular formula is C22H26N2O6. The number of hydrogen-bond donors (Lipinski definition) is 1. The van der Waals surface area contributed by atoms with Crippen LogP contribution in [-0.4, -0.2) is 52.2 Å². The highest BCUT2D eigenvalue weighted by atomic mass is 16.5. The molecule has 0 aliphatic carbocycles. The van der Waals surface area contributed by atoms with Gasteiger partial charge < -0.3 is 29.2 Å². The molecule has 1 aliphatic rings.